The van der Waals surface area contributed by atoms with Crippen molar-refractivity contribution in [2.24, 2.45) is 0 Å². The minimum absolute atomic E-state index is 0.0652. The molecule has 0 atom stereocenters. The van der Waals surface area contributed by atoms with Crippen LogP contribution in [0.1, 0.15) is 12.0 Å². The van der Waals surface area contributed by atoms with E-state index >= 15 is 0 Å². The molecule has 4 aromatic rings. The highest BCUT2D eigenvalue weighted by Gasteiger charge is 2.21. The molecule has 1 aliphatic heterocycles. The summed E-state index contributed by atoms with van der Waals surface area (Å²) < 4.78 is 11.9. The fourth-order valence-electron chi connectivity index (χ4n) is 4.46. The lowest BCUT2D eigenvalue weighted by Crippen LogP contribution is -2.39. The van der Waals surface area contributed by atoms with Crippen molar-refractivity contribution in [3.8, 4) is 16.9 Å². The lowest BCUT2D eigenvalue weighted by molar-refractivity contribution is -0.118. The monoisotopic (exact) mass is 501 g/mol. The van der Waals surface area contributed by atoms with E-state index in [4.69, 9.17) is 14.5 Å². The van der Waals surface area contributed by atoms with Crippen LogP contribution in [0.5, 0.6) is 5.75 Å². The van der Waals surface area contributed by atoms with E-state index < -0.39 is 0 Å². The van der Waals surface area contributed by atoms with E-state index in [-0.39, 0.29) is 5.91 Å². The number of methoxy groups -OCH3 is 1. The molecule has 36 heavy (non-hydrogen) atoms. The molecule has 6 nitrogen and oxygen atoms in total. The Balaban J connectivity index is 1.32. The third-order valence-corrected chi connectivity index (χ3v) is 7.53. The Morgan fingerprint density at radius 1 is 1.03 bits per heavy atom. The van der Waals surface area contributed by atoms with Crippen LogP contribution in [0.25, 0.3) is 21.3 Å². The van der Waals surface area contributed by atoms with E-state index in [1.165, 1.54) is 16.9 Å². The van der Waals surface area contributed by atoms with Gasteiger partial charge in [-0.3, -0.25) is 14.6 Å². The molecule has 0 saturated carbocycles. The van der Waals surface area contributed by atoms with Gasteiger partial charge in [0.2, 0.25) is 5.91 Å². The third-order valence-electron chi connectivity index (χ3n) is 6.49. The van der Waals surface area contributed by atoms with Crippen molar-refractivity contribution in [2.75, 3.05) is 51.4 Å². The fraction of sp³-hybridized carbons (Fsp3) is 0.310. The molecule has 1 saturated heterocycles. The maximum Gasteiger partial charge on any atom is 0.233 e. The van der Waals surface area contributed by atoms with Crippen LogP contribution in [0.2, 0.25) is 0 Å². The molecule has 2 heterocycles. The molecule has 0 unspecified atom stereocenters. The Hall–Kier alpha value is -3.26. The van der Waals surface area contributed by atoms with Crippen molar-refractivity contribution in [2.45, 2.75) is 12.8 Å². The summed E-state index contributed by atoms with van der Waals surface area (Å²) >= 11 is 1.54. The van der Waals surface area contributed by atoms with E-state index in [1.807, 2.05) is 41.3 Å². The second-order valence-electron chi connectivity index (χ2n) is 8.92. The Morgan fingerprint density at radius 3 is 2.53 bits per heavy atom. The molecule has 0 bridgehead atoms. The zero-order chi connectivity index (χ0) is 24.7. The molecule has 186 valence electrons. The highest BCUT2D eigenvalue weighted by atomic mass is 32.1. The third kappa shape index (κ3) is 5.93. The highest BCUT2D eigenvalue weighted by molar-refractivity contribution is 7.22. The number of rotatable bonds is 9. The van der Waals surface area contributed by atoms with Crippen molar-refractivity contribution in [3.63, 3.8) is 0 Å². The van der Waals surface area contributed by atoms with Gasteiger partial charge in [0.15, 0.2) is 5.13 Å². The van der Waals surface area contributed by atoms with Crippen molar-refractivity contribution in [3.05, 3.63) is 78.4 Å². The minimum Gasteiger partial charge on any atom is -0.497 e. The molecule has 1 aliphatic rings. The maximum atomic E-state index is 13.6. The summed E-state index contributed by atoms with van der Waals surface area (Å²) in [7, 11) is 1.66. The van der Waals surface area contributed by atoms with Crippen LogP contribution in [-0.4, -0.2) is 62.3 Å². The number of morpholine rings is 1. The van der Waals surface area contributed by atoms with Gasteiger partial charge in [-0.15, -0.1) is 0 Å². The van der Waals surface area contributed by atoms with Crippen LogP contribution >= 0.6 is 11.3 Å². The van der Waals surface area contributed by atoms with E-state index in [2.05, 4.69) is 41.3 Å². The predicted octanol–water partition coefficient (Wildman–Crippen LogP) is 5.27. The van der Waals surface area contributed by atoms with E-state index in [9.17, 15) is 4.79 Å². The van der Waals surface area contributed by atoms with E-state index in [1.54, 1.807) is 7.11 Å². The van der Waals surface area contributed by atoms with Gasteiger partial charge >= 0.3 is 0 Å². The Bertz CT molecular complexity index is 1280. The van der Waals surface area contributed by atoms with Crippen LogP contribution in [0.3, 0.4) is 0 Å². The Morgan fingerprint density at radius 2 is 1.78 bits per heavy atom. The number of hydrogen-bond acceptors (Lipinski definition) is 6. The number of aromatic nitrogens is 1. The molecule has 0 aliphatic carbocycles. The van der Waals surface area contributed by atoms with Crippen LogP contribution in [-0.2, 0) is 16.0 Å². The predicted molar refractivity (Wildman–Crippen MR) is 146 cm³/mol. The molecule has 1 amide bonds. The summed E-state index contributed by atoms with van der Waals surface area (Å²) in [5.41, 5.74) is 4.20. The average molecular weight is 502 g/mol. The summed E-state index contributed by atoms with van der Waals surface area (Å²) in [5, 5.41) is 0.742. The van der Waals surface area contributed by atoms with E-state index in [0.29, 0.717) is 13.0 Å². The minimum atomic E-state index is 0.0652. The molecule has 7 heteroatoms. The lowest BCUT2D eigenvalue weighted by Gasteiger charge is -2.27. The Labute approximate surface area is 216 Å². The lowest BCUT2D eigenvalue weighted by atomic mass is 10.0. The number of anilines is 1. The van der Waals surface area contributed by atoms with Gasteiger partial charge in [0.1, 0.15) is 5.75 Å². The molecule has 0 radical (unpaired) electrons. The molecular formula is C29H31N3O3S. The smallest absolute Gasteiger partial charge is 0.233 e. The van der Waals surface area contributed by atoms with Gasteiger partial charge in [-0.1, -0.05) is 65.9 Å². The number of carbonyl (C=O) groups excluding carboxylic acids is 1. The van der Waals surface area contributed by atoms with Crippen molar-refractivity contribution in [1.29, 1.82) is 0 Å². The summed E-state index contributed by atoms with van der Waals surface area (Å²) in [5.74, 6) is 0.858. The normalized spacial score (nSPS) is 14.1. The topological polar surface area (TPSA) is 54.9 Å². The zero-order valence-electron chi connectivity index (χ0n) is 20.6. The zero-order valence-corrected chi connectivity index (χ0v) is 21.4. The van der Waals surface area contributed by atoms with Crippen LogP contribution < -0.4 is 9.64 Å². The SMILES string of the molecule is COc1ccc2nc(N(CCCN3CCOCC3)C(=O)Cc3ccc(-c4ccccc4)cc3)sc2c1. The van der Waals surface area contributed by atoms with Crippen LogP contribution in [0.15, 0.2) is 72.8 Å². The van der Waals surface area contributed by atoms with Gasteiger partial charge in [-0.25, -0.2) is 4.98 Å². The second-order valence-corrected chi connectivity index (χ2v) is 9.93. The number of fused-ring (bicyclic) bond motifs is 1. The van der Waals surface area contributed by atoms with Gasteiger partial charge in [0.05, 0.1) is 37.0 Å². The number of benzene rings is 3. The molecule has 1 fully saturated rings. The molecule has 3 aromatic carbocycles. The van der Waals surface area contributed by atoms with Gasteiger partial charge in [-0.05, 0) is 41.3 Å². The first kappa shape index (κ1) is 24.4. The summed E-state index contributed by atoms with van der Waals surface area (Å²) in [6.07, 6.45) is 1.23. The molecule has 5 rings (SSSR count). The molecule has 0 spiro atoms. The summed E-state index contributed by atoms with van der Waals surface area (Å²) in [6, 6.07) is 24.4. The largest absolute Gasteiger partial charge is 0.497 e. The fourth-order valence-corrected chi connectivity index (χ4v) is 5.49. The molecule has 0 N–H and O–H groups in total. The molecular weight excluding hydrogens is 470 g/mol. The van der Waals surface area contributed by atoms with Gasteiger partial charge < -0.3 is 9.47 Å². The first-order valence-electron chi connectivity index (χ1n) is 12.4. The van der Waals surface area contributed by atoms with Gasteiger partial charge in [0, 0.05) is 26.2 Å². The van der Waals surface area contributed by atoms with Crippen LogP contribution in [0.4, 0.5) is 5.13 Å². The Kier molecular flexibility index (Phi) is 7.91. The molecule has 1 aromatic heterocycles. The quantitative estimate of drug-likeness (QED) is 0.313. The number of thiazole rings is 1. The van der Waals surface area contributed by atoms with Crippen molar-refractivity contribution >= 4 is 32.6 Å². The average Bonchev–Trinajstić information content (AvgIpc) is 3.35. The number of hydrogen-bond donors (Lipinski definition) is 0. The summed E-state index contributed by atoms with van der Waals surface area (Å²) in [6.45, 7) is 5.03. The number of amides is 1. The van der Waals surface area contributed by atoms with Crippen molar-refractivity contribution in [1.82, 2.24) is 9.88 Å². The van der Waals surface area contributed by atoms with Gasteiger partial charge in [0.25, 0.3) is 0 Å². The maximum absolute atomic E-state index is 13.6. The van der Waals surface area contributed by atoms with Crippen molar-refractivity contribution < 1.29 is 14.3 Å². The summed E-state index contributed by atoms with van der Waals surface area (Å²) in [4.78, 5) is 22.7. The number of carbonyl (C=O) groups is 1. The first-order valence-corrected chi connectivity index (χ1v) is 13.2. The number of nitrogens with zero attached hydrogens (tertiary/aromatic N) is 3. The van der Waals surface area contributed by atoms with E-state index in [0.717, 1.165) is 71.5 Å². The van der Waals surface area contributed by atoms with Gasteiger partial charge in [-0.2, -0.15) is 0 Å². The highest BCUT2D eigenvalue weighted by Crippen LogP contribution is 2.32. The number of ether oxygens (including phenoxy) is 2. The standard InChI is InChI=1S/C29H31N3O3S/c1-34-25-12-13-26-27(21-25)36-29(30-26)32(15-5-14-31-16-18-35-19-17-31)28(33)20-22-8-10-24(11-9-22)23-6-3-2-4-7-23/h2-4,6-13,21H,5,14-20H2,1H3. The second kappa shape index (κ2) is 11.6. The van der Waals surface area contributed by atoms with Crippen LogP contribution in [0, 0.1) is 0 Å². The first-order chi connectivity index (χ1) is 17.7.